The van der Waals surface area contributed by atoms with E-state index < -0.39 is 11.6 Å². The minimum atomic E-state index is -0.743. The Hall–Kier alpha value is -1.49. The molecule has 1 saturated heterocycles. The van der Waals surface area contributed by atoms with E-state index in [4.69, 9.17) is 0 Å². The van der Waals surface area contributed by atoms with Gasteiger partial charge < -0.3 is 10.6 Å². The van der Waals surface area contributed by atoms with E-state index in [1.54, 1.807) is 0 Å². The highest BCUT2D eigenvalue weighted by Gasteiger charge is 2.16. The molecule has 1 aliphatic heterocycles. The molecule has 1 unspecified atom stereocenters. The molecule has 2 N–H and O–H groups in total. The van der Waals surface area contributed by atoms with Crippen molar-refractivity contribution in [3.05, 3.63) is 29.8 Å². The molecule has 0 aromatic heterocycles. The Morgan fingerprint density at radius 1 is 1.37 bits per heavy atom. The first kappa shape index (κ1) is 13.9. The van der Waals surface area contributed by atoms with Crippen LogP contribution >= 0.6 is 0 Å². The lowest BCUT2D eigenvalue weighted by molar-refractivity contribution is -0.116. The second kappa shape index (κ2) is 6.61. The number of hydrogen-bond acceptors (Lipinski definition) is 2. The van der Waals surface area contributed by atoms with Crippen LogP contribution in [-0.4, -0.2) is 19.0 Å². The van der Waals surface area contributed by atoms with E-state index in [9.17, 15) is 13.6 Å². The normalized spacial score (nSPS) is 19.2. The van der Waals surface area contributed by atoms with Gasteiger partial charge in [0.2, 0.25) is 5.91 Å². The van der Waals surface area contributed by atoms with Gasteiger partial charge >= 0.3 is 0 Å². The minimum absolute atomic E-state index is 0.292. The number of nitrogens with one attached hydrogen (secondary N) is 2. The highest BCUT2D eigenvalue weighted by molar-refractivity contribution is 5.90. The predicted octanol–water partition coefficient (Wildman–Crippen LogP) is 2.68. The maximum atomic E-state index is 13.3. The summed E-state index contributed by atoms with van der Waals surface area (Å²) in [5.41, 5.74) is -0.353. The van der Waals surface area contributed by atoms with Crippen LogP contribution in [0.15, 0.2) is 18.2 Å². The molecule has 1 aromatic carbocycles. The van der Waals surface area contributed by atoms with E-state index in [2.05, 4.69) is 10.6 Å². The van der Waals surface area contributed by atoms with Gasteiger partial charge in [-0.1, -0.05) is 6.07 Å². The highest BCUT2D eigenvalue weighted by atomic mass is 19.1. The average Bonchev–Trinajstić information content (AvgIpc) is 2.42. The number of rotatable bonds is 4. The predicted molar refractivity (Wildman–Crippen MR) is 69.8 cm³/mol. The molecule has 1 atom stereocenters. The highest BCUT2D eigenvalue weighted by Crippen LogP contribution is 2.20. The topological polar surface area (TPSA) is 41.1 Å². The monoisotopic (exact) mass is 268 g/mol. The lowest BCUT2D eigenvalue weighted by Gasteiger charge is -2.22. The molecule has 0 spiro atoms. The zero-order valence-electron chi connectivity index (χ0n) is 10.7. The van der Waals surface area contributed by atoms with Gasteiger partial charge in [0.05, 0.1) is 0 Å². The summed E-state index contributed by atoms with van der Waals surface area (Å²) in [6.07, 6.45) is 3.26. The number of carbonyl (C=O) groups excluding carboxylic acids is 1. The number of halogens is 2. The summed E-state index contributed by atoms with van der Waals surface area (Å²) in [6.45, 7) is 1.95. The van der Waals surface area contributed by atoms with Crippen LogP contribution in [0, 0.1) is 17.6 Å². The van der Waals surface area contributed by atoms with Gasteiger partial charge in [-0.15, -0.1) is 0 Å². The van der Waals surface area contributed by atoms with Crippen LogP contribution < -0.4 is 10.6 Å². The zero-order valence-corrected chi connectivity index (χ0v) is 10.7. The van der Waals surface area contributed by atoms with Crippen LogP contribution in [0.3, 0.4) is 0 Å². The number of hydrogen-bond donors (Lipinski definition) is 2. The van der Waals surface area contributed by atoms with Crippen LogP contribution in [-0.2, 0) is 4.79 Å². The molecule has 3 nitrogen and oxygen atoms in total. The summed E-state index contributed by atoms with van der Waals surface area (Å²) < 4.78 is 26.7. The molecular formula is C14H18F2N2O. The van der Waals surface area contributed by atoms with E-state index in [-0.39, 0.29) is 11.6 Å². The van der Waals surface area contributed by atoms with Gasteiger partial charge in [-0.3, -0.25) is 4.79 Å². The SMILES string of the molecule is O=C(CCC1CCCNC1)Nc1c(F)cccc1F. The van der Waals surface area contributed by atoms with Gasteiger partial charge in [-0.2, -0.15) is 0 Å². The fourth-order valence-corrected chi connectivity index (χ4v) is 2.32. The van der Waals surface area contributed by atoms with E-state index in [0.29, 0.717) is 12.3 Å². The smallest absolute Gasteiger partial charge is 0.224 e. The Labute approximate surface area is 111 Å². The van der Waals surface area contributed by atoms with Crippen molar-refractivity contribution in [3.8, 4) is 0 Å². The molecule has 0 radical (unpaired) electrons. The third-order valence-electron chi connectivity index (χ3n) is 3.41. The molecule has 5 heteroatoms. The molecule has 1 aliphatic rings. The standard InChI is InChI=1S/C14H18F2N2O/c15-11-4-1-5-12(16)14(11)18-13(19)7-6-10-3-2-8-17-9-10/h1,4-5,10,17H,2-3,6-9H2,(H,18,19). The molecular weight excluding hydrogens is 250 g/mol. The van der Waals surface area contributed by atoms with E-state index in [1.165, 1.54) is 6.07 Å². The van der Waals surface area contributed by atoms with Gasteiger partial charge in [-0.25, -0.2) is 8.78 Å². The summed E-state index contributed by atoms with van der Waals surface area (Å²) >= 11 is 0. The van der Waals surface area contributed by atoms with Gasteiger partial charge in [0, 0.05) is 6.42 Å². The fourth-order valence-electron chi connectivity index (χ4n) is 2.32. The maximum absolute atomic E-state index is 13.3. The summed E-state index contributed by atoms with van der Waals surface area (Å²) in [7, 11) is 0. The quantitative estimate of drug-likeness (QED) is 0.881. The van der Waals surface area contributed by atoms with Gasteiger partial charge in [0.15, 0.2) is 0 Å². The van der Waals surface area contributed by atoms with E-state index in [1.807, 2.05) is 0 Å². The Balaban J connectivity index is 1.83. The van der Waals surface area contributed by atoms with Crippen molar-refractivity contribution >= 4 is 11.6 Å². The first-order valence-electron chi connectivity index (χ1n) is 6.61. The number of para-hydroxylation sites is 1. The van der Waals surface area contributed by atoms with Gasteiger partial charge in [0.25, 0.3) is 0 Å². The van der Waals surface area contributed by atoms with Crippen LogP contribution in [0.2, 0.25) is 0 Å². The van der Waals surface area contributed by atoms with Crippen LogP contribution in [0.4, 0.5) is 14.5 Å². The Kier molecular flexibility index (Phi) is 4.85. The van der Waals surface area contributed by atoms with E-state index >= 15 is 0 Å². The molecule has 0 aliphatic carbocycles. The van der Waals surface area contributed by atoms with Crippen molar-refractivity contribution in [2.24, 2.45) is 5.92 Å². The average molecular weight is 268 g/mol. The summed E-state index contributed by atoms with van der Waals surface area (Å²) in [5, 5.41) is 5.58. The summed E-state index contributed by atoms with van der Waals surface area (Å²) in [4.78, 5) is 11.7. The molecule has 1 heterocycles. The molecule has 1 amide bonds. The van der Waals surface area contributed by atoms with Gasteiger partial charge in [0.1, 0.15) is 17.3 Å². The van der Waals surface area contributed by atoms with Crippen molar-refractivity contribution in [3.63, 3.8) is 0 Å². The molecule has 104 valence electrons. The first-order chi connectivity index (χ1) is 9.16. The molecule has 0 saturated carbocycles. The van der Waals surface area contributed by atoms with Crippen LogP contribution in [0.5, 0.6) is 0 Å². The third kappa shape index (κ3) is 3.99. The Bertz CT molecular complexity index is 425. The lowest BCUT2D eigenvalue weighted by atomic mass is 9.94. The van der Waals surface area contributed by atoms with Crippen molar-refractivity contribution in [2.75, 3.05) is 18.4 Å². The van der Waals surface area contributed by atoms with Crippen molar-refractivity contribution in [1.82, 2.24) is 5.32 Å². The second-order valence-electron chi connectivity index (χ2n) is 4.90. The lowest BCUT2D eigenvalue weighted by Crippen LogP contribution is -2.30. The largest absolute Gasteiger partial charge is 0.321 e. The molecule has 1 fully saturated rings. The maximum Gasteiger partial charge on any atom is 0.224 e. The van der Waals surface area contributed by atoms with E-state index in [0.717, 1.165) is 44.5 Å². The number of carbonyl (C=O) groups is 1. The minimum Gasteiger partial charge on any atom is -0.321 e. The second-order valence-corrected chi connectivity index (χ2v) is 4.90. The molecule has 0 bridgehead atoms. The summed E-state index contributed by atoms with van der Waals surface area (Å²) in [5.74, 6) is -1.35. The Morgan fingerprint density at radius 2 is 2.11 bits per heavy atom. The zero-order chi connectivity index (χ0) is 13.7. The molecule has 19 heavy (non-hydrogen) atoms. The van der Waals surface area contributed by atoms with Crippen molar-refractivity contribution < 1.29 is 13.6 Å². The number of piperidine rings is 1. The molecule has 2 rings (SSSR count). The number of benzene rings is 1. The fraction of sp³-hybridized carbons (Fsp3) is 0.500. The molecule has 1 aromatic rings. The van der Waals surface area contributed by atoms with Gasteiger partial charge in [-0.05, 0) is 50.4 Å². The summed E-state index contributed by atoms with van der Waals surface area (Å²) in [6, 6.07) is 3.53. The van der Waals surface area contributed by atoms with Crippen LogP contribution in [0.1, 0.15) is 25.7 Å². The van der Waals surface area contributed by atoms with Crippen molar-refractivity contribution in [2.45, 2.75) is 25.7 Å². The number of anilines is 1. The number of amides is 1. The van der Waals surface area contributed by atoms with Crippen molar-refractivity contribution in [1.29, 1.82) is 0 Å². The first-order valence-corrected chi connectivity index (χ1v) is 6.61. The van der Waals surface area contributed by atoms with Crippen LogP contribution in [0.25, 0.3) is 0 Å². The Morgan fingerprint density at radius 3 is 2.74 bits per heavy atom. The third-order valence-corrected chi connectivity index (χ3v) is 3.41.